The van der Waals surface area contributed by atoms with E-state index in [0.29, 0.717) is 53.9 Å². The molecule has 0 radical (unpaired) electrons. The molecule has 1 spiro atoms. The number of rotatable bonds is 12. The molecule has 0 unspecified atom stereocenters. The number of benzene rings is 1. The maximum Gasteiger partial charge on any atom is 0.289 e. The van der Waals surface area contributed by atoms with Crippen LogP contribution >= 0.6 is 11.6 Å². The van der Waals surface area contributed by atoms with Crippen molar-refractivity contribution in [3.63, 3.8) is 0 Å². The molecule has 1 aromatic rings. The fraction of sp³-hybridized carbons (Fsp3) is 0.684. The van der Waals surface area contributed by atoms with Crippen molar-refractivity contribution in [3.05, 3.63) is 22.7 Å². The Morgan fingerprint density at radius 1 is 1.02 bits per heavy atom. The average molecular weight is 742 g/mol. The lowest BCUT2D eigenvalue weighted by Crippen LogP contribution is -2.59. The van der Waals surface area contributed by atoms with Crippen LogP contribution < -0.4 is 25.4 Å². The van der Waals surface area contributed by atoms with Crippen molar-refractivity contribution in [1.29, 1.82) is 0 Å². The van der Waals surface area contributed by atoms with Gasteiger partial charge in [0.15, 0.2) is 17.1 Å². The van der Waals surface area contributed by atoms with Crippen molar-refractivity contribution in [1.82, 2.24) is 20.9 Å². The largest absolute Gasteiger partial charge is 0.486 e. The summed E-state index contributed by atoms with van der Waals surface area (Å²) in [7, 11) is 0. The Morgan fingerprint density at radius 3 is 2.44 bits per heavy atom. The monoisotopic (exact) mass is 741 g/mol. The summed E-state index contributed by atoms with van der Waals surface area (Å²) in [5.74, 6) is -1.38. The number of likely N-dealkylation sites (tertiary alicyclic amines) is 1. The highest BCUT2D eigenvalue weighted by Gasteiger charge is 2.56. The molecule has 1 saturated heterocycles. The number of halogens is 1. The zero-order chi connectivity index (χ0) is 37.2. The number of nitrogens with one attached hydrogen (secondary N) is 3. The van der Waals surface area contributed by atoms with Crippen LogP contribution in [0.25, 0.3) is 0 Å². The highest BCUT2D eigenvalue weighted by molar-refractivity contribution is 6.38. The number of hydrogen-bond acceptors (Lipinski definition) is 9. The molecule has 14 heteroatoms. The van der Waals surface area contributed by atoms with Crippen LogP contribution in [0.15, 0.2) is 17.3 Å². The number of nitrogens with zero attached hydrogens (tertiary/aromatic N) is 2. The smallest absolute Gasteiger partial charge is 0.289 e. The first-order chi connectivity index (χ1) is 24.8. The Bertz CT molecular complexity index is 1600. The SMILES string of the molecule is CCC[C@H](NC(=O)[C@@H]1C[C@]2(CC(c3cc(Cl)cc4c3OCCO4)=NO2)CN1C(=O)[C@@H](NC(=O)CC1CCCCC1)C(C)(C)C)C(=O)C(=O)NC1CC1. The lowest BCUT2D eigenvalue weighted by molar-refractivity contribution is -0.145. The second kappa shape index (κ2) is 15.6. The summed E-state index contributed by atoms with van der Waals surface area (Å²) < 4.78 is 11.7. The Morgan fingerprint density at radius 2 is 1.75 bits per heavy atom. The number of amides is 4. The van der Waals surface area contributed by atoms with Gasteiger partial charge in [-0.3, -0.25) is 24.0 Å². The van der Waals surface area contributed by atoms with Crippen molar-refractivity contribution in [2.75, 3.05) is 19.8 Å². The van der Waals surface area contributed by atoms with Crippen LogP contribution in [0.3, 0.4) is 0 Å². The molecule has 3 heterocycles. The zero-order valence-electron chi connectivity index (χ0n) is 30.7. The molecular formula is C38H52ClN5O8. The molecule has 2 saturated carbocycles. The molecule has 52 heavy (non-hydrogen) atoms. The summed E-state index contributed by atoms with van der Waals surface area (Å²) >= 11 is 6.45. The summed E-state index contributed by atoms with van der Waals surface area (Å²) in [6, 6.07) is 0.299. The van der Waals surface area contributed by atoms with E-state index in [2.05, 4.69) is 21.1 Å². The number of carbonyl (C=O) groups is 5. The van der Waals surface area contributed by atoms with Gasteiger partial charge in [0.1, 0.15) is 25.3 Å². The van der Waals surface area contributed by atoms with Crippen molar-refractivity contribution >= 4 is 46.7 Å². The molecule has 3 N–H and O–H groups in total. The number of Topliss-reactive ketones (excluding diaryl/α,β-unsaturated/α-hetero) is 1. The first-order valence-electron chi connectivity index (χ1n) is 18.9. The molecule has 13 nitrogen and oxygen atoms in total. The van der Waals surface area contributed by atoms with Gasteiger partial charge in [-0.2, -0.15) is 0 Å². The lowest BCUT2D eigenvalue weighted by Gasteiger charge is -2.36. The second-order valence-corrected chi connectivity index (χ2v) is 16.6. The average Bonchev–Trinajstić information content (AvgIpc) is 3.70. The second-order valence-electron chi connectivity index (χ2n) is 16.2. The number of ether oxygens (including phenoxy) is 2. The van der Waals surface area contributed by atoms with Gasteiger partial charge in [0.05, 0.1) is 18.3 Å². The van der Waals surface area contributed by atoms with E-state index in [0.717, 1.165) is 38.5 Å². The minimum atomic E-state index is -1.10. The first-order valence-corrected chi connectivity index (χ1v) is 19.2. The van der Waals surface area contributed by atoms with E-state index in [-0.39, 0.29) is 43.7 Å². The third-order valence-electron chi connectivity index (χ3n) is 10.7. The minimum absolute atomic E-state index is 0.00331. The van der Waals surface area contributed by atoms with E-state index in [4.69, 9.17) is 25.9 Å². The lowest BCUT2D eigenvalue weighted by atomic mass is 9.84. The van der Waals surface area contributed by atoms with E-state index < -0.39 is 52.6 Å². The minimum Gasteiger partial charge on any atom is -0.486 e. The highest BCUT2D eigenvalue weighted by atomic mass is 35.5. The molecular weight excluding hydrogens is 690 g/mol. The summed E-state index contributed by atoms with van der Waals surface area (Å²) in [5, 5.41) is 13.4. The Balaban J connectivity index is 1.26. The van der Waals surface area contributed by atoms with Crippen LogP contribution in [0.2, 0.25) is 5.02 Å². The van der Waals surface area contributed by atoms with E-state index in [1.165, 1.54) is 11.3 Å². The van der Waals surface area contributed by atoms with E-state index in [9.17, 15) is 24.0 Å². The summed E-state index contributed by atoms with van der Waals surface area (Å²) in [6.45, 7) is 8.23. The third-order valence-corrected chi connectivity index (χ3v) is 10.9. The summed E-state index contributed by atoms with van der Waals surface area (Å²) in [6.07, 6.45) is 8.40. The molecule has 6 rings (SSSR count). The zero-order valence-corrected chi connectivity index (χ0v) is 31.4. The molecule has 4 amide bonds. The summed E-state index contributed by atoms with van der Waals surface area (Å²) in [5.41, 5.74) is -0.670. The number of carbonyl (C=O) groups excluding carboxylic acids is 5. The van der Waals surface area contributed by atoms with Crippen LogP contribution in [-0.4, -0.2) is 89.6 Å². The van der Waals surface area contributed by atoms with E-state index >= 15 is 0 Å². The van der Waals surface area contributed by atoms with Crippen molar-refractivity contribution in [2.45, 2.75) is 135 Å². The number of fused-ring (bicyclic) bond motifs is 1. The van der Waals surface area contributed by atoms with E-state index in [1.807, 2.05) is 27.7 Å². The molecule has 0 aromatic heterocycles. The molecule has 284 valence electrons. The first kappa shape index (κ1) is 37.9. The number of hydrogen-bond donors (Lipinski definition) is 3. The predicted molar refractivity (Wildman–Crippen MR) is 193 cm³/mol. The van der Waals surface area contributed by atoms with E-state index in [1.54, 1.807) is 12.1 Å². The molecule has 3 aliphatic heterocycles. The molecule has 1 aromatic carbocycles. The number of ketones is 1. The molecule has 3 fully saturated rings. The van der Waals surface area contributed by atoms with Gasteiger partial charge in [0, 0.05) is 42.0 Å². The fourth-order valence-electron chi connectivity index (χ4n) is 7.76. The van der Waals surface area contributed by atoms with Crippen LogP contribution in [0, 0.1) is 11.3 Å². The van der Waals surface area contributed by atoms with Gasteiger partial charge >= 0.3 is 0 Å². The van der Waals surface area contributed by atoms with Crippen LogP contribution in [0.5, 0.6) is 11.5 Å². The van der Waals surface area contributed by atoms with Gasteiger partial charge in [-0.25, -0.2) is 0 Å². The van der Waals surface area contributed by atoms with Gasteiger partial charge in [0.25, 0.3) is 5.91 Å². The maximum atomic E-state index is 14.7. The van der Waals surface area contributed by atoms with Crippen LogP contribution in [-0.2, 0) is 28.8 Å². The predicted octanol–water partition coefficient (Wildman–Crippen LogP) is 4.21. The van der Waals surface area contributed by atoms with Crippen LogP contribution in [0.4, 0.5) is 0 Å². The molecule has 2 aliphatic carbocycles. The van der Waals surface area contributed by atoms with Gasteiger partial charge in [0.2, 0.25) is 23.5 Å². The third kappa shape index (κ3) is 8.66. The normalized spacial score (nSPS) is 24.1. The Hall–Kier alpha value is -3.87. The van der Waals surface area contributed by atoms with Gasteiger partial charge in [-0.1, -0.05) is 70.1 Å². The maximum absolute atomic E-state index is 14.7. The summed E-state index contributed by atoms with van der Waals surface area (Å²) in [4.78, 5) is 76.0. The highest BCUT2D eigenvalue weighted by Crippen LogP contribution is 2.44. The van der Waals surface area contributed by atoms with Gasteiger partial charge in [-0.15, -0.1) is 0 Å². The fourth-order valence-corrected chi connectivity index (χ4v) is 7.97. The molecule has 4 atom stereocenters. The topological polar surface area (TPSA) is 165 Å². The van der Waals surface area contributed by atoms with Crippen molar-refractivity contribution in [3.8, 4) is 11.5 Å². The Labute approximate surface area is 310 Å². The van der Waals surface area contributed by atoms with Crippen molar-refractivity contribution < 1.29 is 38.3 Å². The molecule has 0 bridgehead atoms. The Kier molecular flexibility index (Phi) is 11.4. The van der Waals surface area contributed by atoms with Gasteiger partial charge in [-0.05, 0) is 49.5 Å². The van der Waals surface area contributed by atoms with Gasteiger partial charge < -0.3 is 35.2 Å². The standard InChI is InChI=1S/C38H52ClN5O8/c1-5-9-26(31(46)35(48)40-24-12-13-24)41-34(47)28-20-38(19-27(43-52-38)25-17-23(39)18-29-32(25)51-15-14-50-29)21-44(28)36(49)33(37(2,3)4)42-30(45)16-22-10-7-6-8-11-22/h17-18,22,24,26,28,33H,5-16,19-21H2,1-4H3,(H,40,48)(H,41,47)(H,42,45)/t26-,28-,33+,38+/m0/s1. The number of oxime groups is 1. The quantitative estimate of drug-likeness (QED) is 0.268. The van der Waals surface area contributed by atoms with Crippen molar-refractivity contribution in [2.24, 2.45) is 16.5 Å². The molecule has 5 aliphatic rings. The van der Waals surface area contributed by atoms with Crippen LogP contribution in [0.1, 0.15) is 110 Å².